The fourth-order valence-corrected chi connectivity index (χ4v) is 0.645. The van der Waals surface area contributed by atoms with Crippen LogP contribution in [0.5, 0.6) is 0 Å². The fraction of sp³-hybridized carbons (Fsp3) is 0.667. The molecule has 5 nitrogen and oxygen atoms in total. The molecule has 1 heterocycles. The number of hydrogen-bond donors (Lipinski definition) is 1. The van der Waals surface area contributed by atoms with Gasteiger partial charge in [0.2, 0.25) is 6.39 Å². The third-order valence-electron chi connectivity index (χ3n) is 1.17. The first kappa shape index (κ1) is 8.16. The third-order valence-corrected chi connectivity index (χ3v) is 1.17. The molecule has 0 aliphatic rings. The summed E-state index contributed by atoms with van der Waals surface area (Å²) >= 11 is 0. The Morgan fingerprint density at radius 2 is 2.64 bits per heavy atom. The molecule has 0 aromatic carbocycles. The molecule has 0 fully saturated rings. The highest BCUT2D eigenvalue weighted by Gasteiger charge is 1.95. The highest BCUT2D eigenvalue weighted by Crippen LogP contribution is 1.85. The topological polar surface area (TPSA) is 60.2 Å². The summed E-state index contributed by atoms with van der Waals surface area (Å²) in [6, 6.07) is 0. The Labute approximate surface area is 64.7 Å². The number of nitrogens with zero attached hydrogens (tertiary/aromatic N) is 2. The molecule has 0 spiro atoms. The van der Waals surface area contributed by atoms with E-state index >= 15 is 0 Å². The number of methoxy groups -OCH3 is 1. The standard InChI is InChI=1S/C6H11N3O2/c1-10-3-2-7-4-6-8-5-11-9-6/h5,7H,2-4H2,1H3. The van der Waals surface area contributed by atoms with E-state index in [2.05, 4.69) is 20.0 Å². The van der Waals surface area contributed by atoms with Crippen LogP contribution in [0.3, 0.4) is 0 Å². The van der Waals surface area contributed by atoms with Crippen LogP contribution in [0.2, 0.25) is 0 Å². The first-order valence-electron chi connectivity index (χ1n) is 3.38. The second-order valence-corrected chi connectivity index (χ2v) is 2.02. The van der Waals surface area contributed by atoms with Gasteiger partial charge in [-0.25, -0.2) is 0 Å². The number of ether oxygens (including phenoxy) is 1. The van der Waals surface area contributed by atoms with Gasteiger partial charge in [0.05, 0.1) is 13.2 Å². The lowest BCUT2D eigenvalue weighted by molar-refractivity contribution is 0.199. The molecule has 1 aromatic rings. The van der Waals surface area contributed by atoms with Gasteiger partial charge in [0.25, 0.3) is 0 Å². The summed E-state index contributed by atoms with van der Waals surface area (Å²) < 4.78 is 9.37. The molecule has 1 N–H and O–H groups in total. The Kier molecular flexibility index (Phi) is 3.57. The summed E-state index contributed by atoms with van der Waals surface area (Å²) in [6.45, 7) is 2.11. The third kappa shape index (κ3) is 3.10. The van der Waals surface area contributed by atoms with Crippen molar-refractivity contribution in [1.29, 1.82) is 0 Å². The maximum atomic E-state index is 4.83. The first-order chi connectivity index (χ1) is 5.43. The zero-order valence-corrected chi connectivity index (χ0v) is 6.41. The average molecular weight is 157 g/mol. The SMILES string of the molecule is COCCNCc1ncon1. The van der Waals surface area contributed by atoms with Gasteiger partial charge < -0.3 is 14.6 Å². The van der Waals surface area contributed by atoms with Gasteiger partial charge in [-0.05, 0) is 0 Å². The van der Waals surface area contributed by atoms with Gasteiger partial charge in [-0.2, -0.15) is 4.98 Å². The van der Waals surface area contributed by atoms with Gasteiger partial charge in [-0.3, -0.25) is 0 Å². The van der Waals surface area contributed by atoms with Crippen molar-refractivity contribution in [2.75, 3.05) is 20.3 Å². The maximum Gasteiger partial charge on any atom is 0.213 e. The number of nitrogens with one attached hydrogen (secondary N) is 1. The molecule has 1 aromatic heterocycles. The minimum absolute atomic E-state index is 0.625. The summed E-state index contributed by atoms with van der Waals surface area (Å²) in [5.41, 5.74) is 0. The molecule has 5 heteroatoms. The van der Waals surface area contributed by atoms with Gasteiger partial charge in [-0.1, -0.05) is 5.16 Å². The van der Waals surface area contributed by atoms with E-state index in [0.29, 0.717) is 19.0 Å². The lowest BCUT2D eigenvalue weighted by Crippen LogP contribution is -2.19. The molecule has 0 radical (unpaired) electrons. The van der Waals surface area contributed by atoms with Crippen LogP contribution >= 0.6 is 0 Å². The van der Waals surface area contributed by atoms with E-state index in [9.17, 15) is 0 Å². The second kappa shape index (κ2) is 4.81. The molecule has 0 saturated heterocycles. The number of aromatic nitrogens is 2. The molecule has 0 aliphatic heterocycles. The number of hydrogen-bond acceptors (Lipinski definition) is 5. The van der Waals surface area contributed by atoms with Crippen molar-refractivity contribution in [2.45, 2.75) is 6.54 Å². The van der Waals surface area contributed by atoms with Crippen LogP contribution in [0.1, 0.15) is 5.82 Å². The second-order valence-electron chi connectivity index (χ2n) is 2.02. The first-order valence-corrected chi connectivity index (χ1v) is 3.38. The van der Waals surface area contributed by atoms with Gasteiger partial charge in [0.15, 0.2) is 5.82 Å². The van der Waals surface area contributed by atoms with Crippen LogP contribution in [0.4, 0.5) is 0 Å². The summed E-state index contributed by atoms with van der Waals surface area (Å²) in [4.78, 5) is 3.83. The van der Waals surface area contributed by atoms with E-state index in [1.165, 1.54) is 6.39 Å². The van der Waals surface area contributed by atoms with E-state index in [1.807, 2.05) is 0 Å². The normalized spacial score (nSPS) is 10.3. The van der Waals surface area contributed by atoms with Crippen molar-refractivity contribution >= 4 is 0 Å². The smallest absolute Gasteiger partial charge is 0.213 e. The monoisotopic (exact) mass is 157 g/mol. The van der Waals surface area contributed by atoms with Gasteiger partial charge >= 0.3 is 0 Å². The summed E-state index contributed by atoms with van der Waals surface area (Å²) in [5, 5.41) is 6.70. The molecule has 62 valence electrons. The van der Waals surface area contributed by atoms with E-state index < -0.39 is 0 Å². The zero-order chi connectivity index (χ0) is 7.94. The van der Waals surface area contributed by atoms with Crippen LogP contribution in [0, 0.1) is 0 Å². The maximum absolute atomic E-state index is 4.83. The Morgan fingerprint density at radius 1 is 1.73 bits per heavy atom. The van der Waals surface area contributed by atoms with Gasteiger partial charge in [-0.15, -0.1) is 0 Å². The van der Waals surface area contributed by atoms with Crippen LogP contribution in [0.25, 0.3) is 0 Å². The highest BCUT2D eigenvalue weighted by molar-refractivity contribution is 4.75. The Balaban J connectivity index is 2.04. The lowest BCUT2D eigenvalue weighted by atomic mass is 10.5. The predicted octanol–water partition coefficient (Wildman–Crippen LogP) is -0.194. The number of rotatable bonds is 5. The molecule has 0 unspecified atom stereocenters. The molecular formula is C6H11N3O2. The molecule has 0 amide bonds. The van der Waals surface area contributed by atoms with Crippen LogP contribution < -0.4 is 5.32 Å². The average Bonchev–Trinajstić information content (AvgIpc) is 2.50. The molecule has 0 atom stereocenters. The van der Waals surface area contributed by atoms with Crippen LogP contribution in [-0.4, -0.2) is 30.4 Å². The fourth-order valence-electron chi connectivity index (χ4n) is 0.645. The van der Waals surface area contributed by atoms with Crippen molar-refractivity contribution in [2.24, 2.45) is 0 Å². The quantitative estimate of drug-likeness (QED) is 0.600. The largest absolute Gasteiger partial charge is 0.383 e. The van der Waals surface area contributed by atoms with E-state index in [0.717, 1.165) is 6.54 Å². The van der Waals surface area contributed by atoms with Crippen molar-refractivity contribution in [3.8, 4) is 0 Å². The Morgan fingerprint density at radius 3 is 3.27 bits per heavy atom. The van der Waals surface area contributed by atoms with E-state index in [1.54, 1.807) is 7.11 Å². The molecule has 1 rings (SSSR count). The highest BCUT2D eigenvalue weighted by atomic mass is 16.5. The van der Waals surface area contributed by atoms with Gasteiger partial charge in [0, 0.05) is 13.7 Å². The van der Waals surface area contributed by atoms with Crippen molar-refractivity contribution in [3.05, 3.63) is 12.2 Å². The van der Waals surface area contributed by atoms with Gasteiger partial charge in [0.1, 0.15) is 0 Å². The van der Waals surface area contributed by atoms with E-state index in [4.69, 9.17) is 4.74 Å². The molecule has 11 heavy (non-hydrogen) atoms. The Bertz CT molecular complexity index is 176. The molecular weight excluding hydrogens is 146 g/mol. The molecule has 0 bridgehead atoms. The van der Waals surface area contributed by atoms with Crippen molar-refractivity contribution < 1.29 is 9.26 Å². The van der Waals surface area contributed by atoms with Crippen molar-refractivity contribution in [3.63, 3.8) is 0 Å². The zero-order valence-electron chi connectivity index (χ0n) is 6.41. The van der Waals surface area contributed by atoms with Crippen molar-refractivity contribution in [1.82, 2.24) is 15.5 Å². The van der Waals surface area contributed by atoms with Crippen LogP contribution in [-0.2, 0) is 11.3 Å². The summed E-state index contributed by atoms with van der Waals surface area (Å²) in [5.74, 6) is 0.668. The summed E-state index contributed by atoms with van der Waals surface area (Å²) in [7, 11) is 1.66. The van der Waals surface area contributed by atoms with E-state index in [-0.39, 0.29) is 0 Å². The minimum Gasteiger partial charge on any atom is -0.383 e. The lowest BCUT2D eigenvalue weighted by Gasteiger charge is -1.98. The molecule has 0 saturated carbocycles. The Hall–Kier alpha value is -0.940. The minimum atomic E-state index is 0.625. The summed E-state index contributed by atoms with van der Waals surface area (Å²) in [6.07, 6.45) is 1.31. The molecule has 0 aliphatic carbocycles. The van der Waals surface area contributed by atoms with Crippen LogP contribution in [0.15, 0.2) is 10.9 Å². The predicted molar refractivity (Wildman–Crippen MR) is 37.9 cm³/mol.